The average molecular weight is 286 g/mol. The number of rotatable bonds is 3. The van der Waals surface area contributed by atoms with Gasteiger partial charge in [0, 0.05) is 30.1 Å². The molecule has 0 aromatic carbocycles. The van der Waals surface area contributed by atoms with Crippen molar-refractivity contribution in [2.45, 2.75) is 43.9 Å². The van der Waals surface area contributed by atoms with E-state index in [1.807, 2.05) is 16.7 Å². The van der Waals surface area contributed by atoms with Gasteiger partial charge in [0.2, 0.25) is 0 Å². The largest absolute Gasteiger partial charge is 0.481 e. The van der Waals surface area contributed by atoms with Crippen LogP contribution >= 0.6 is 11.8 Å². The molecule has 108 valence electrons. The lowest BCUT2D eigenvalue weighted by molar-refractivity contribution is -0.142. The van der Waals surface area contributed by atoms with Gasteiger partial charge in [-0.2, -0.15) is 11.8 Å². The van der Waals surface area contributed by atoms with E-state index in [0.29, 0.717) is 11.7 Å². The summed E-state index contributed by atoms with van der Waals surface area (Å²) in [7, 11) is 0. The lowest BCUT2D eigenvalue weighted by Crippen LogP contribution is -2.51. The minimum absolute atomic E-state index is 0.0862. The van der Waals surface area contributed by atoms with E-state index in [1.165, 1.54) is 0 Å². The van der Waals surface area contributed by atoms with Gasteiger partial charge >= 0.3 is 12.0 Å². The van der Waals surface area contributed by atoms with E-state index >= 15 is 0 Å². The number of carboxylic acid groups (broad SMARTS) is 1. The number of amides is 2. The Labute approximate surface area is 118 Å². The maximum absolute atomic E-state index is 12.2. The molecule has 0 spiro atoms. The summed E-state index contributed by atoms with van der Waals surface area (Å²) in [5.74, 6) is -0.229. The van der Waals surface area contributed by atoms with Gasteiger partial charge in [-0.1, -0.05) is 13.3 Å². The van der Waals surface area contributed by atoms with Crippen molar-refractivity contribution in [2.75, 3.05) is 18.8 Å². The lowest BCUT2D eigenvalue weighted by atomic mass is 10.0. The molecule has 2 rings (SSSR count). The highest BCUT2D eigenvalue weighted by atomic mass is 32.2. The Hall–Kier alpha value is -0.910. The molecule has 6 heteroatoms. The fraction of sp³-hybridized carbons (Fsp3) is 0.846. The molecule has 2 N–H and O–H groups in total. The van der Waals surface area contributed by atoms with Gasteiger partial charge in [0.15, 0.2) is 0 Å². The zero-order valence-electron chi connectivity index (χ0n) is 11.3. The molecule has 0 aromatic heterocycles. The smallest absolute Gasteiger partial charge is 0.317 e. The fourth-order valence-electron chi connectivity index (χ4n) is 2.83. The monoisotopic (exact) mass is 286 g/mol. The van der Waals surface area contributed by atoms with E-state index in [2.05, 4.69) is 12.2 Å². The molecule has 19 heavy (non-hydrogen) atoms. The number of hydrogen-bond acceptors (Lipinski definition) is 3. The van der Waals surface area contributed by atoms with Crippen LogP contribution in [0.2, 0.25) is 0 Å². The summed E-state index contributed by atoms with van der Waals surface area (Å²) in [4.78, 5) is 25.1. The third-order valence-corrected chi connectivity index (χ3v) is 5.40. The summed E-state index contributed by atoms with van der Waals surface area (Å²) in [5.41, 5.74) is 0. The number of hydrogen-bond donors (Lipinski definition) is 2. The van der Waals surface area contributed by atoms with E-state index in [0.717, 1.165) is 38.1 Å². The number of urea groups is 1. The molecule has 2 fully saturated rings. The van der Waals surface area contributed by atoms with Gasteiger partial charge in [0.1, 0.15) is 0 Å². The fourth-order valence-corrected chi connectivity index (χ4v) is 4.01. The van der Waals surface area contributed by atoms with Crippen molar-refractivity contribution in [1.82, 2.24) is 10.2 Å². The quantitative estimate of drug-likeness (QED) is 0.829. The molecule has 3 atom stereocenters. The first-order valence-electron chi connectivity index (χ1n) is 7.01. The van der Waals surface area contributed by atoms with Crippen LogP contribution in [-0.4, -0.2) is 52.1 Å². The Morgan fingerprint density at radius 2 is 2.21 bits per heavy atom. The standard InChI is InChI=1S/C13H22N2O3S/c1-2-9-8-15(6-7-19-9)13(18)14-11-5-3-4-10(11)12(16)17/h9-11H,2-8H2,1H3,(H,14,18)(H,16,17). The van der Waals surface area contributed by atoms with E-state index in [-0.39, 0.29) is 12.1 Å². The van der Waals surface area contributed by atoms with Crippen LogP contribution in [0, 0.1) is 5.92 Å². The highest BCUT2D eigenvalue weighted by Gasteiger charge is 2.35. The molecule has 1 saturated carbocycles. The number of carbonyl (C=O) groups is 2. The summed E-state index contributed by atoms with van der Waals surface area (Å²) in [6, 6.07) is -0.281. The van der Waals surface area contributed by atoms with Crippen LogP contribution in [0.3, 0.4) is 0 Å². The van der Waals surface area contributed by atoms with Crippen molar-refractivity contribution in [3.8, 4) is 0 Å². The van der Waals surface area contributed by atoms with Crippen LogP contribution in [0.5, 0.6) is 0 Å². The van der Waals surface area contributed by atoms with E-state index in [9.17, 15) is 9.59 Å². The van der Waals surface area contributed by atoms with Crippen molar-refractivity contribution in [3.05, 3.63) is 0 Å². The molecular formula is C13H22N2O3S. The molecular weight excluding hydrogens is 264 g/mol. The molecule has 2 amide bonds. The number of nitrogens with zero attached hydrogens (tertiary/aromatic N) is 1. The zero-order chi connectivity index (χ0) is 13.8. The second-order valence-electron chi connectivity index (χ2n) is 5.28. The normalized spacial score (nSPS) is 31.2. The second kappa shape index (κ2) is 6.50. The Bertz CT molecular complexity index is 351. The number of aliphatic carboxylic acids is 1. The highest BCUT2D eigenvalue weighted by molar-refractivity contribution is 8.00. The summed E-state index contributed by atoms with van der Waals surface area (Å²) < 4.78 is 0. The summed E-state index contributed by atoms with van der Waals surface area (Å²) in [6.45, 7) is 3.67. The molecule has 1 aliphatic heterocycles. The third-order valence-electron chi connectivity index (χ3n) is 4.02. The second-order valence-corrected chi connectivity index (χ2v) is 6.69. The summed E-state index contributed by atoms with van der Waals surface area (Å²) in [6.07, 6.45) is 3.40. The Kier molecular flexibility index (Phi) is 4.96. The molecule has 2 aliphatic rings. The Morgan fingerprint density at radius 1 is 1.42 bits per heavy atom. The minimum Gasteiger partial charge on any atom is -0.481 e. The first-order chi connectivity index (χ1) is 9.11. The molecule has 0 aromatic rings. The van der Waals surface area contributed by atoms with Gasteiger partial charge in [-0.3, -0.25) is 4.79 Å². The van der Waals surface area contributed by atoms with E-state index < -0.39 is 11.9 Å². The minimum atomic E-state index is -0.788. The van der Waals surface area contributed by atoms with E-state index in [1.54, 1.807) is 0 Å². The maximum Gasteiger partial charge on any atom is 0.317 e. The average Bonchev–Trinajstić information content (AvgIpc) is 2.87. The van der Waals surface area contributed by atoms with Gasteiger partial charge in [-0.15, -0.1) is 0 Å². The van der Waals surface area contributed by atoms with Crippen LogP contribution in [0.1, 0.15) is 32.6 Å². The van der Waals surface area contributed by atoms with Crippen LogP contribution in [0.15, 0.2) is 0 Å². The SMILES string of the molecule is CCC1CN(C(=O)NC2CCCC2C(=O)O)CCS1. The number of carboxylic acids is 1. The maximum atomic E-state index is 12.2. The van der Waals surface area contributed by atoms with Crippen molar-refractivity contribution < 1.29 is 14.7 Å². The molecule has 1 aliphatic carbocycles. The summed E-state index contributed by atoms with van der Waals surface area (Å²) in [5, 5.41) is 12.6. The van der Waals surface area contributed by atoms with Gasteiger partial charge < -0.3 is 15.3 Å². The molecule has 1 heterocycles. The van der Waals surface area contributed by atoms with E-state index in [4.69, 9.17) is 5.11 Å². The van der Waals surface area contributed by atoms with Crippen LogP contribution < -0.4 is 5.32 Å². The molecule has 0 radical (unpaired) electrons. The van der Waals surface area contributed by atoms with Gasteiger partial charge in [-0.25, -0.2) is 4.79 Å². The number of nitrogens with one attached hydrogen (secondary N) is 1. The number of thioether (sulfide) groups is 1. The van der Waals surface area contributed by atoms with Gasteiger partial charge in [-0.05, 0) is 19.3 Å². The lowest BCUT2D eigenvalue weighted by Gasteiger charge is -2.33. The highest BCUT2D eigenvalue weighted by Crippen LogP contribution is 2.26. The zero-order valence-corrected chi connectivity index (χ0v) is 12.1. The first-order valence-corrected chi connectivity index (χ1v) is 8.06. The van der Waals surface area contributed by atoms with Crippen LogP contribution in [0.25, 0.3) is 0 Å². The van der Waals surface area contributed by atoms with Gasteiger partial charge in [0.25, 0.3) is 0 Å². The van der Waals surface area contributed by atoms with Crippen molar-refractivity contribution in [2.24, 2.45) is 5.92 Å². The molecule has 5 nitrogen and oxygen atoms in total. The van der Waals surface area contributed by atoms with Crippen molar-refractivity contribution in [1.29, 1.82) is 0 Å². The predicted molar refractivity (Wildman–Crippen MR) is 75.4 cm³/mol. The van der Waals surface area contributed by atoms with Crippen LogP contribution in [-0.2, 0) is 4.79 Å². The Balaban J connectivity index is 1.88. The molecule has 3 unspecified atom stereocenters. The summed E-state index contributed by atoms with van der Waals surface area (Å²) >= 11 is 1.92. The third kappa shape index (κ3) is 3.55. The van der Waals surface area contributed by atoms with Crippen molar-refractivity contribution >= 4 is 23.8 Å². The molecule has 0 bridgehead atoms. The van der Waals surface area contributed by atoms with Crippen molar-refractivity contribution in [3.63, 3.8) is 0 Å². The number of carbonyl (C=O) groups excluding carboxylic acids is 1. The Morgan fingerprint density at radius 3 is 2.89 bits per heavy atom. The predicted octanol–water partition coefficient (Wildman–Crippen LogP) is 1.78. The van der Waals surface area contributed by atoms with Gasteiger partial charge in [0.05, 0.1) is 5.92 Å². The first kappa shape index (κ1) is 14.5. The topological polar surface area (TPSA) is 69.6 Å². The van der Waals surface area contributed by atoms with Crippen LogP contribution in [0.4, 0.5) is 4.79 Å². The molecule has 1 saturated heterocycles.